The van der Waals surface area contributed by atoms with Crippen LogP contribution in [0.2, 0.25) is 0 Å². The second kappa shape index (κ2) is 4.61. The van der Waals surface area contributed by atoms with E-state index in [0.29, 0.717) is 0 Å². The van der Waals surface area contributed by atoms with Crippen molar-refractivity contribution >= 4 is 16.9 Å². The van der Waals surface area contributed by atoms with Crippen molar-refractivity contribution in [3.63, 3.8) is 0 Å². The molecule has 0 amide bonds. The molecule has 1 heterocycles. The second-order valence-corrected chi connectivity index (χ2v) is 4.55. The first kappa shape index (κ1) is 11.5. The molecule has 3 rings (SSSR count). The van der Waals surface area contributed by atoms with Gasteiger partial charge in [-0.3, -0.25) is 4.79 Å². The molecule has 3 aromatic rings. The summed E-state index contributed by atoms with van der Waals surface area (Å²) in [6.07, 6.45) is 1.99. The molecule has 0 unspecified atom stereocenters. The minimum absolute atomic E-state index is 0.0666. The lowest BCUT2D eigenvalue weighted by atomic mass is 10.0. The van der Waals surface area contributed by atoms with Crippen LogP contribution in [0.3, 0.4) is 0 Å². The minimum Gasteiger partial charge on any atom is -0.481 e. The maximum absolute atomic E-state index is 10.6. The number of nitrogens with one attached hydrogen (secondary N) is 1. The molecule has 0 radical (unpaired) electrons. The second-order valence-electron chi connectivity index (χ2n) is 4.55. The Morgan fingerprint density at radius 3 is 2.47 bits per heavy atom. The Morgan fingerprint density at radius 1 is 1.00 bits per heavy atom. The first-order valence-electron chi connectivity index (χ1n) is 6.10. The van der Waals surface area contributed by atoms with Gasteiger partial charge in [-0.1, -0.05) is 30.3 Å². The molecule has 2 aromatic carbocycles. The Morgan fingerprint density at radius 2 is 1.74 bits per heavy atom. The third-order valence-corrected chi connectivity index (χ3v) is 3.20. The van der Waals surface area contributed by atoms with E-state index in [2.05, 4.69) is 23.2 Å². The number of fused-ring (bicyclic) bond motifs is 1. The first-order valence-corrected chi connectivity index (χ1v) is 6.10. The minimum atomic E-state index is -0.804. The molecular formula is C16H13NO2. The third kappa shape index (κ3) is 2.36. The number of H-pyrrole nitrogens is 1. The molecule has 0 aliphatic heterocycles. The molecule has 0 aliphatic rings. The number of carboxylic acids is 1. The lowest BCUT2D eigenvalue weighted by molar-refractivity contribution is -0.136. The number of hydrogen-bond acceptors (Lipinski definition) is 1. The fourth-order valence-electron chi connectivity index (χ4n) is 2.22. The van der Waals surface area contributed by atoms with Crippen LogP contribution in [0.1, 0.15) is 5.56 Å². The van der Waals surface area contributed by atoms with Gasteiger partial charge in [0, 0.05) is 11.7 Å². The molecule has 0 saturated carbocycles. The molecule has 1 aromatic heterocycles. The van der Waals surface area contributed by atoms with Crippen molar-refractivity contribution in [1.29, 1.82) is 0 Å². The van der Waals surface area contributed by atoms with Gasteiger partial charge in [0.1, 0.15) is 0 Å². The van der Waals surface area contributed by atoms with Crippen LogP contribution in [0.15, 0.2) is 54.7 Å². The summed E-state index contributed by atoms with van der Waals surface area (Å²) in [6.45, 7) is 0. The van der Waals surface area contributed by atoms with Crippen molar-refractivity contribution in [2.75, 3.05) is 0 Å². The number of benzene rings is 2. The maximum Gasteiger partial charge on any atom is 0.307 e. The van der Waals surface area contributed by atoms with Crippen molar-refractivity contribution in [2.45, 2.75) is 6.42 Å². The molecule has 0 spiro atoms. The molecule has 0 aliphatic carbocycles. The normalized spacial score (nSPS) is 10.7. The van der Waals surface area contributed by atoms with Gasteiger partial charge in [0.2, 0.25) is 0 Å². The Labute approximate surface area is 110 Å². The summed E-state index contributed by atoms with van der Waals surface area (Å²) in [4.78, 5) is 13.8. The molecule has 0 atom stereocenters. The van der Waals surface area contributed by atoms with Crippen LogP contribution in [0.4, 0.5) is 0 Å². The largest absolute Gasteiger partial charge is 0.481 e. The van der Waals surface area contributed by atoms with E-state index in [1.54, 1.807) is 0 Å². The number of rotatable bonds is 3. The number of aromatic nitrogens is 1. The zero-order valence-electron chi connectivity index (χ0n) is 10.3. The van der Waals surface area contributed by atoms with E-state index in [4.69, 9.17) is 5.11 Å². The number of carboxylic acid groups (broad SMARTS) is 1. The van der Waals surface area contributed by atoms with E-state index in [1.807, 2.05) is 36.5 Å². The molecule has 3 nitrogen and oxygen atoms in total. The van der Waals surface area contributed by atoms with Crippen LogP contribution in [0, 0.1) is 0 Å². The van der Waals surface area contributed by atoms with Crippen molar-refractivity contribution < 1.29 is 9.90 Å². The highest BCUT2D eigenvalue weighted by Gasteiger charge is 2.03. The third-order valence-electron chi connectivity index (χ3n) is 3.20. The van der Waals surface area contributed by atoms with Crippen LogP contribution < -0.4 is 0 Å². The highest BCUT2D eigenvalue weighted by Crippen LogP contribution is 2.24. The van der Waals surface area contributed by atoms with Crippen molar-refractivity contribution in [3.8, 4) is 11.1 Å². The highest BCUT2D eigenvalue weighted by molar-refractivity contribution is 5.85. The lowest BCUT2D eigenvalue weighted by Crippen LogP contribution is -1.99. The highest BCUT2D eigenvalue weighted by atomic mass is 16.4. The summed E-state index contributed by atoms with van der Waals surface area (Å²) < 4.78 is 0. The van der Waals surface area contributed by atoms with Gasteiger partial charge in [-0.2, -0.15) is 0 Å². The van der Waals surface area contributed by atoms with E-state index in [-0.39, 0.29) is 6.42 Å². The molecule has 2 N–H and O–H groups in total. The van der Waals surface area contributed by atoms with E-state index < -0.39 is 5.97 Å². The van der Waals surface area contributed by atoms with Gasteiger partial charge in [-0.25, -0.2) is 0 Å². The Hall–Kier alpha value is -2.55. The van der Waals surface area contributed by atoms with E-state index in [0.717, 1.165) is 22.2 Å². The average Bonchev–Trinajstić information content (AvgIpc) is 2.86. The quantitative estimate of drug-likeness (QED) is 0.749. The summed E-state index contributed by atoms with van der Waals surface area (Å²) in [5.74, 6) is -0.804. The van der Waals surface area contributed by atoms with E-state index in [9.17, 15) is 4.79 Å². The van der Waals surface area contributed by atoms with Gasteiger partial charge in [-0.15, -0.1) is 0 Å². The molecule has 0 bridgehead atoms. The van der Waals surface area contributed by atoms with Gasteiger partial charge >= 0.3 is 5.97 Å². The predicted octanol–water partition coefficient (Wildman–Crippen LogP) is 3.46. The molecule has 3 heteroatoms. The zero-order chi connectivity index (χ0) is 13.2. The van der Waals surface area contributed by atoms with Gasteiger partial charge in [0.15, 0.2) is 0 Å². The van der Waals surface area contributed by atoms with Gasteiger partial charge in [0.05, 0.1) is 6.42 Å². The van der Waals surface area contributed by atoms with Crippen molar-refractivity contribution in [1.82, 2.24) is 4.98 Å². The summed E-state index contributed by atoms with van der Waals surface area (Å²) in [7, 11) is 0. The van der Waals surface area contributed by atoms with E-state index in [1.165, 1.54) is 5.39 Å². The summed E-state index contributed by atoms with van der Waals surface area (Å²) in [5, 5.41) is 9.92. The van der Waals surface area contributed by atoms with Crippen LogP contribution in [0.5, 0.6) is 0 Å². The molecule has 0 fully saturated rings. The monoisotopic (exact) mass is 251 g/mol. The maximum atomic E-state index is 10.6. The summed E-state index contributed by atoms with van der Waals surface area (Å²) >= 11 is 0. The number of aromatic amines is 1. The lowest BCUT2D eigenvalue weighted by Gasteiger charge is -2.03. The molecule has 0 saturated heterocycles. The fourth-order valence-corrected chi connectivity index (χ4v) is 2.22. The molecule has 19 heavy (non-hydrogen) atoms. The van der Waals surface area contributed by atoms with Gasteiger partial charge in [-0.05, 0) is 40.3 Å². The van der Waals surface area contributed by atoms with Crippen LogP contribution in [0.25, 0.3) is 22.0 Å². The van der Waals surface area contributed by atoms with Crippen LogP contribution in [-0.4, -0.2) is 16.1 Å². The van der Waals surface area contributed by atoms with E-state index >= 15 is 0 Å². The summed E-state index contributed by atoms with van der Waals surface area (Å²) in [6, 6.07) is 15.9. The number of aliphatic carboxylic acids is 1. The Kier molecular flexibility index (Phi) is 2.80. The van der Waals surface area contributed by atoms with Crippen LogP contribution in [-0.2, 0) is 11.2 Å². The standard InChI is InChI=1S/C16H13NO2/c18-16(19)9-11-1-3-12(4-2-11)13-5-6-15-14(10-13)7-8-17-15/h1-8,10,17H,9H2,(H,18,19). The first-order chi connectivity index (χ1) is 9.22. The zero-order valence-corrected chi connectivity index (χ0v) is 10.3. The number of hydrogen-bond donors (Lipinski definition) is 2. The Bertz CT molecular complexity index is 726. The van der Waals surface area contributed by atoms with Gasteiger partial charge in [0.25, 0.3) is 0 Å². The van der Waals surface area contributed by atoms with Crippen molar-refractivity contribution in [2.24, 2.45) is 0 Å². The predicted molar refractivity (Wildman–Crippen MR) is 75.1 cm³/mol. The topological polar surface area (TPSA) is 53.1 Å². The van der Waals surface area contributed by atoms with Crippen molar-refractivity contribution in [3.05, 3.63) is 60.3 Å². The summed E-state index contributed by atoms with van der Waals surface area (Å²) in [5.41, 5.74) is 4.16. The Balaban J connectivity index is 1.94. The smallest absolute Gasteiger partial charge is 0.307 e. The van der Waals surface area contributed by atoms with Crippen LogP contribution >= 0.6 is 0 Å². The molecular weight excluding hydrogens is 238 g/mol. The van der Waals surface area contributed by atoms with Gasteiger partial charge < -0.3 is 10.1 Å². The fraction of sp³-hybridized carbons (Fsp3) is 0.0625. The SMILES string of the molecule is O=C(O)Cc1ccc(-c2ccc3[nH]ccc3c2)cc1. The number of carbonyl (C=O) groups is 1. The molecule has 94 valence electrons. The average molecular weight is 251 g/mol.